The summed E-state index contributed by atoms with van der Waals surface area (Å²) in [5.41, 5.74) is 7.21. The first kappa shape index (κ1) is 12.8. The Hall–Kier alpha value is -1.68. The number of hydrogen-bond acceptors (Lipinski definition) is 4. The van der Waals surface area contributed by atoms with Crippen LogP contribution >= 0.6 is 0 Å². The molecule has 0 saturated heterocycles. The average molecular weight is 245 g/mol. The number of nitrogens with two attached hydrogens (primary N) is 1. The van der Waals surface area contributed by atoms with Crippen molar-refractivity contribution < 1.29 is 4.52 Å². The summed E-state index contributed by atoms with van der Waals surface area (Å²) in [5.74, 6) is 1.29. The van der Waals surface area contributed by atoms with Crippen LogP contribution in [0, 0.1) is 0 Å². The predicted molar refractivity (Wildman–Crippen MR) is 70.0 cm³/mol. The van der Waals surface area contributed by atoms with Gasteiger partial charge in [0.05, 0.1) is 6.04 Å². The van der Waals surface area contributed by atoms with Crippen molar-refractivity contribution >= 4 is 0 Å². The first-order chi connectivity index (χ1) is 8.79. The number of rotatable bonds is 6. The van der Waals surface area contributed by atoms with E-state index < -0.39 is 0 Å². The lowest BCUT2D eigenvalue weighted by Crippen LogP contribution is -2.10. The van der Waals surface area contributed by atoms with Gasteiger partial charge in [0.2, 0.25) is 5.89 Å². The normalized spacial score (nSPS) is 12.6. The molecular formula is C14H19N3O. The van der Waals surface area contributed by atoms with Crippen molar-refractivity contribution in [1.82, 2.24) is 10.1 Å². The summed E-state index contributed by atoms with van der Waals surface area (Å²) in [6.45, 7) is 2.09. The fraction of sp³-hybridized carbons (Fsp3) is 0.429. The smallest absolute Gasteiger partial charge is 0.243 e. The summed E-state index contributed by atoms with van der Waals surface area (Å²) in [6.07, 6.45) is 3.60. The lowest BCUT2D eigenvalue weighted by atomic mass is 10.1. The molecule has 0 fully saturated rings. The third kappa shape index (κ3) is 3.40. The van der Waals surface area contributed by atoms with Gasteiger partial charge >= 0.3 is 0 Å². The summed E-state index contributed by atoms with van der Waals surface area (Å²) < 4.78 is 5.18. The van der Waals surface area contributed by atoms with Crippen molar-refractivity contribution in [3.8, 4) is 0 Å². The average Bonchev–Trinajstić information content (AvgIpc) is 2.87. The minimum atomic E-state index is -0.132. The molecule has 18 heavy (non-hydrogen) atoms. The lowest BCUT2D eigenvalue weighted by molar-refractivity contribution is 0.344. The standard InChI is InChI=1S/C14H19N3O/c1-2-6-12(15)14-16-13(17-18-14)10-9-11-7-4-3-5-8-11/h3-5,7-8,12H,2,6,9-10,15H2,1H3/t12-/m1/s1. The van der Waals surface area contributed by atoms with Crippen LogP contribution < -0.4 is 5.73 Å². The molecule has 0 saturated carbocycles. The van der Waals surface area contributed by atoms with Gasteiger partial charge in [-0.05, 0) is 18.4 Å². The number of nitrogens with zero attached hydrogens (tertiary/aromatic N) is 2. The van der Waals surface area contributed by atoms with Crippen LogP contribution in [0.1, 0.15) is 43.1 Å². The van der Waals surface area contributed by atoms with E-state index in [1.807, 2.05) is 18.2 Å². The predicted octanol–water partition coefficient (Wildman–Crippen LogP) is 2.65. The van der Waals surface area contributed by atoms with E-state index in [-0.39, 0.29) is 6.04 Å². The van der Waals surface area contributed by atoms with Crippen molar-refractivity contribution in [3.05, 3.63) is 47.6 Å². The molecule has 1 aromatic heterocycles. The molecule has 2 N–H and O–H groups in total. The highest BCUT2D eigenvalue weighted by molar-refractivity contribution is 5.15. The van der Waals surface area contributed by atoms with Gasteiger partial charge < -0.3 is 10.3 Å². The maximum atomic E-state index is 5.93. The quantitative estimate of drug-likeness (QED) is 0.849. The van der Waals surface area contributed by atoms with Gasteiger partial charge in [0.15, 0.2) is 5.82 Å². The first-order valence-corrected chi connectivity index (χ1v) is 6.41. The summed E-state index contributed by atoms with van der Waals surface area (Å²) in [7, 11) is 0. The Morgan fingerprint density at radius 3 is 2.72 bits per heavy atom. The first-order valence-electron chi connectivity index (χ1n) is 6.41. The van der Waals surface area contributed by atoms with E-state index in [2.05, 4.69) is 29.2 Å². The third-order valence-electron chi connectivity index (χ3n) is 2.88. The summed E-state index contributed by atoms with van der Waals surface area (Å²) in [6, 6.07) is 10.2. The van der Waals surface area contributed by atoms with E-state index in [1.54, 1.807) is 0 Å². The Balaban J connectivity index is 1.91. The summed E-state index contributed by atoms with van der Waals surface area (Å²) in [4.78, 5) is 4.34. The number of hydrogen-bond donors (Lipinski definition) is 1. The van der Waals surface area contributed by atoms with Crippen LogP contribution in [-0.2, 0) is 12.8 Å². The molecular weight excluding hydrogens is 226 g/mol. The van der Waals surface area contributed by atoms with Gasteiger partial charge in [-0.15, -0.1) is 0 Å². The highest BCUT2D eigenvalue weighted by Gasteiger charge is 2.13. The number of benzene rings is 1. The minimum Gasteiger partial charge on any atom is -0.338 e. The van der Waals surface area contributed by atoms with E-state index in [4.69, 9.17) is 10.3 Å². The lowest BCUT2D eigenvalue weighted by Gasteiger charge is -2.02. The van der Waals surface area contributed by atoms with Gasteiger partial charge in [0.1, 0.15) is 0 Å². The van der Waals surface area contributed by atoms with Gasteiger partial charge in [-0.25, -0.2) is 0 Å². The minimum absolute atomic E-state index is 0.132. The topological polar surface area (TPSA) is 64.9 Å². The summed E-state index contributed by atoms with van der Waals surface area (Å²) in [5, 5.41) is 3.97. The second-order valence-electron chi connectivity index (χ2n) is 4.43. The van der Waals surface area contributed by atoms with E-state index in [0.29, 0.717) is 5.89 Å². The number of aromatic nitrogens is 2. The molecule has 0 aliphatic heterocycles. The van der Waals surface area contributed by atoms with Crippen LogP contribution in [0.3, 0.4) is 0 Å². The molecule has 1 heterocycles. The van der Waals surface area contributed by atoms with E-state index in [0.717, 1.165) is 31.5 Å². The molecule has 0 aliphatic carbocycles. The zero-order valence-electron chi connectivity index (χ0n) is 10.7. The summed E-state index contributed by atoms with van der Waals surface area (Å²) >= 11 is 0. The molecule has 0 aliphatic rings. The molecule has 2 aromatic rings. The maximum absolute atomic E-state index is 5.93. The second-order valence-corrected chi connectivity index (χ2v) is 4.43. The van der Waals surface area contributed by atoms with Gasteiger partial charge in [-0.1, -0.05) is 48.8 Å². The molecule has 0 amide bonds. The third-order valence-corrected chi connectivity index (χ3v) is 2.88. The Labute approximate surface area is 107 Å². The van der Waals surface area contributed by atoms with Crippen molar-refractivity contribution in [3.63, 3.8) is 0 Å². The Kier molecular flexibility index (Phi) is 4.47. The zero-order valence-corrected chi connectivity index (χ0v) is 10.7. The SMILES string of the molecule is CCC[C@@H](N)c1nc(CCc2ccccc2)no1. The van der Waals surface area contributed by atoms with Crippen molar-refractivity contribution in [2.45, 2.75) is 38.6 Å². The zero-order chi connectivity index (χ0) is 12.8. The molecule has 0 unspecified atom stereocenters. The van der Waals surface area contributed by atoms with Gasteiger partial charge in [-0.3, -0.25) is 0 Å². The molecule has 1 atom stereocenters. The number of aryl methyl sites for hydroxylation is 2. The Morgan fingerprint density at radius 1 is 1.22 bits per heavy atom. The largest absolute Gasteiger partial charge is 0.338 e. The van der Waals surface area contributed by atoms with Crippen LogP contribution in [0.5, 0.6) is 0 Å². The van der Waals surface area contributed by atoms with Crippen LogP contribution in [0.4, 0.5) is 0 Å². The highest BCUT2D eigenvalue weighted by atomic mass is 16.5. The highest BCUT2D eigenvalue weighted by Crippen LogP contribution is 2.14. The molecule has 0 bridgehead atoms. The molecule has 96 valence electrons. The van der Waals surface area contributed by atoms with Gasteiger partial charge in [-0.2, -0.15) is 4.98 Å². The second kappa shape index (κ2) is 6.31. The van der Waals surface area contributed by atoms with Gasteiger partial charge in [0, 0.05) is 6.42 Å². The maximum Gasteiger partial charge on any atom is 0.243 e. The van der Waals surface area contributed by atoms with Gasteiger partial charge in [0.25, 0.3) is 0 Å². The molecule has 4 heteroatoms. The monoisotopic (exact) mass is 245 g/mol. The fourth-order valence-electron chi connectivity index (χ4n) is 1.85. The van der Waals surface area contributed by atoms with Crippen LogP contribution in [0.25, 0.3) is 0 Å². The van der Waals surface area contributed by atoms with E-state index in [9.17, 15) is 0 Å². The van der Waals surface area contributed by atoms with Crippen LogP contribution in [0.2, 0.25) is 0 Å². The molecule has 4 nitrogen and oxygen atoms in total. The Morgan fingerprint density at radius 2 is 2.00 bits per heavy atom. The fourth-order valence-corrected chi connectivity index (χ4v) is 1.85. The molecule has 0 radical (unpaired) electrons. The molecule has 1 aromatic carbocycles. The van der Waals surface area contributed by atoms with Crippen LogP contribution in [0.15, 0.2) is 34.9 Å². The van der Waals surface area contributed by atoms with Crippen molar-refractivity contribution in [2.75, 3.05) is 0 Å². The van der Waals surface area contributed by atoms with Crippen LogP contribution in [-0.4, -0.2) is 10.1 Å². The molecule has 2 rings (SSSR count). The van der Waals surface area contributed by atoms with Crippen molar-refractivity contribution in [2.24, 2.45) is 5.73 Å². The van der Waals surface area contributed by atoms with Crippen molar-refractivity contribution in [1.29, 1.82) is 0 Å². The molecule has 0 spiro atoms. The Bertz CT molecular complexity index is 467. The van der Waals surface area contributed by atoms with E-state index in [1.165, 1.54) is 5.56 Å². The van der Waals surface area contributed by atoms with E-state index >= 15 is 0 Å².